The molecule has 4 N–H and O–H groups in total. The number of rotatable bonds is 1. The molecule has 1 rings (SSSR count). The smallest absolute Gasteiger partial charge is 0.393 e. The number of primary amides is 1. The van der Waals surface area contributed by atoms with E-state index in [4.69, 9.17) is 11.5 Å². The Morgan fingerprint density at radius 3 is 2.82 bits per heavy atom. The summed E-state index contributed by atoms with van der Waals surface area (Å²) in [5.41, 5.74) is 10.4. The second kappa shape index (κ2) is 2.49. The van der Waals surface area contributed by atoms with Crippen LogP contribution in [-0.2, 0) is 7.05 Å². The maximum Gasteiger partial charge on any atom is 0.411 e. The first-order valence-electron chi connectivity index (χ1n) is 2.86. The van der Waals surface area contributed by atoms with Gasteiger partial charge in [-0.05, 0) is 0 Å². The van der Waals surface area contributed by atoms with Crippen molar-refractivity contribution in [1.82, 2.24) is 9.78 Å². The molecular formula is C5H8N4O2. The molecule has 0 fully saturated rings. The molecule has 0 spiro atoms. The number of anilines is 1. The van der Waals surface area contributed by atoms with Crippen LogP contribution in [-0.4, -0.2) is 15.9 Å². The van der Waals surface area contributed by atoms with E-state index < -0.39 is 6.09 Å². The minimum absolute atomic E-state index is 0.0417. The second-order valence-corrected chi connectivity index (χ2v) is 1.98. The number of nitrogens with zero attached hydrogens (tertiary/aromatic N) is 2. The summed E-state index contributed by atoms with van der Waals surface area (Å²) in [5, 5.41) is 3.72. The number of nitrogens with two attached hydrogens (primary N) is 2. The Hall–Kier alpha value is -1.72. The van der Waals surface area contributed by atoms with Crippen LogP contribution < -0.4 is 16.2 Å². The van der Waals surface area contributed by atoms with Gasteiger partial charge in [0.05, 0.1) is 6.20 Å². The van der Waals surface area contributed by atoms with Crippen LogP contribution in [0.5, 0.6) is 5.88 Å². The monoisotopic (exact) mass is 156 g/mol. The molecule has 6 heteroatoms. The highest BCUT2D eigenvalue weighted by molar-refractivity contribution is 5.69. The lowest BCUT2D eigenvalue weighted by Crippen LogP contribution is -2.17. The standard InChI is InChI=1S/C5H8N4O2/c1-9-2-3(6)4(8-9)11-5(7)10/h2H,6H2,1H3,(H2,7,10). The van der Waals surface area contributed by atoms with Gasteiger partial charge in [0.15, 0.2) is 0 Å². The van der Waals surface area contributed by atoms with Crippen LogP contribution in [0.4, 0.5) is 10.5 Å². The van der Waals surface area contributed by atoms with Crippen LogP contribution in [0.2, 0.25) is 0 Å². The minimum atomic E-state index is -0.921. The molecule has 11 heavy (non-hydrogen) atoms. The zero-order valence-corrected chi connectivity index (χ0v) is 5.94. The molecule has 0 aliphatic carbocycles. The van der Waals surface area contributed by atoms with E-state index in [1.807, 2.05) is 0 Å². The summed E-state index contributed by atoms with van der Waals surface area (Å²) < 4.78 is 5.87. The van der Waals surface area contributed by atoms with Crippen molar-refractivity contribution in [3.63, 3.8) is 0 Å². The number of ether oxygens (including phenoxy) is 1. The van der Waals surface area contributed by atoms with E-state index in [1.165, 1.54) is 10.9 Å². The molecule has 1 heterocycles. The molecule has 0 radical (unpaired) electrons. The van der Waals surface area contributed by atoms with Crippen LogP contribution in [0.3, 0.4) is 0 Å². The van der Waals surface area contributed by atoms with E-state index in [-0.39, 0.29) is 11.6 Å². The largest absolute Gasteiger partial charge is 0.411 e. The zero-order valence-electron chi connectivity index (χ0n) is 5.94. The molecule has 0 unspecified atom stereocenters. The van der Waals surface area contributed by atoms with Crippen molar-refractivity contribution >= 4 is 11.8 Å². The number of carbonyl (C=O) groups is 1. The average molecular weight is 156 g/mol. The average Bonchev–Trinajstić information content (AvgIpc) is 2.09. The number of aryl methyl sites for hydroxylation is 1. The molecule has 1 aromatic heterocycles. The summed E-state index contributed by atoms with van der Waals surface area (Å²) in [5.74, 6) is 0.0417. The number of hydrogen-bond donors (Lipinski definition) is 2. The van der Waals surface area contributed by atoms with Crippen LogP contribution in [0.25, 0.3) is 0 Å². The van der Waals surface area contributed by atoms with E-state index in [2.05, 4.69) is 9.84 Å². The summed E-state index contributed by atoms with van der Waals surface area (Å²) in [4.78, 5) is 10.2. The van der Waals surface area contributed by atoms with Gasteiger partial charge in [0.1, 0.15) is 5.69 Å². The predicted molar refractivity (Wildman–Crippen MR) is 37.8 cm³/mol. The van der Waals surface area contributed by atoms with Crippen molar-refractivity contribution in [2.75, 3.05) is 5.73 Å². The summed E-state index contributed by atoms with van der Waals surface area (Å²) in [7, 11) is 1.66. The summed E-state index contributed by atoms with van der Waals surface area (Å²) in [6.45, 7) is 0. The lowest BCUT2D eigenvalue weighted by molar-refractivity contribution is 0.209. The van der Waals surface area contributed by atoms with Crippen LogP contribution in [0.15, 0.2) is 6.20 Å². The third kappa shape index (κ3) is 1.60. The van der Waals surface area contributed by atoms with Crippen molar-refractivity contribution < 1.29 is 9.53 Å². The Bertz CT molecular complexity index is 280. The van der Waals surface area contributed by atoms with Gasteiger partial charge < -0.3 is 16.2 Å². The van der Waals surface area contributed by atoms with Crippen LogP contribution in [0, 0.1) is 0 Å². The summed E-state index contributed by atoms with van der Waals surface area (Å²) in [6.07, 6.45) is 0.591. The first-order valence-corrected chi connectivity index (χ1v) is 2.86. The van der Waals surface area contributed by atoms with Gasteiger partial charge in [-0.3, -0.25) is 4.68 Å². The molecule has 1 aromatic rings. The normalized spacial score (nSPS) is 9.55. The number of aromatic nitrogens is 2. The summed E-state index contributed by atoms with van der Waals surface area (Å²) >= 11 is 0. The van der Waals surface area contributed by atoms with E-state index in [0.717, 1.165) is 0 Å². The minimum Gasteiger partial charge on any atom is -0.393 e. The quantitative estimate of drug-likeness (QED) is 0.570. The van der Waals surface area contributed by atoms with Crippen molar-refractivity contribution in [2.45, 2.75) is 0 Å². The number of carbonyl (C=O) groups excluding carboxylic acids is 1. The number of amides is 1. The zero-order chi connectivity index (χ0) is 8.43. The highest BCUT2D eigenvalue weighted by atomic mass is 16.6. The predicted octanol–water partition coefficient (Wildman–Crippen LogP) is -0.540. The topological polar surface area (TPSA) is 96.2 Å². The molecule has 0 saturated carbocycles. The van der Waals surface area contributed by atoms with Gasteiger partial charge in [-0.2, -0.15) is 0 Å². The van der Waals surface area contributed by atoms with Gasteiger partial charge in [-0.1, -0.05) is 0 Å². The Morgan fingerprint density at radius 1 is 1.82 bits per heavy atom. The van der Waals surface area contributed by atoms with Gasteiger partial charge in [0.25, 0.3) is 5.88 Å². The fourth-order valence-corrected chi connectivity index (χ4v) is 0.661. The van der Waals surface area contributed by atoms with Crippen molar-refractivity contribution in [3.8, 4) is 5.88 Å². The summed E-state index contributed by atoms with van der Waals surface area (Å²) in [6, 6.07) is 0. The highest BCUT2D eigenvalue weighted by Crippen LogP contribution is 2.16. The first-order chi connectivity index (χ1) is 5.09. The van der Waals surface area contributed by atoms with Gasteiger partial charge in [-0.25, -0.2) is 4.79 Å². The van der Waals surface area contributed by atoms with E-state index in [1.54, 1.807) is 7.05 Å². The lowest BCUT2D eigenvalue weighted by Gasteiger charge is -1.94. The fraction of sp³-hybridized carbons (Fsp3) is 0.200. The second-order valence-electron chi connectivity index (χ2n) is 1.98. The van der Waals surface area contributed by atoms with Crippen LogP contribution >= 0.6 is 0 Å². The lowest BCUT2D eigenvalue weighted by atomic mass is 10.6. The van der Waals surface area contributed by atoms with Crippen molar-refractivity contribution in [2.24, 2.45) is 12.8 Å². The Labute approximate surface area is 62.7 Å². The van der Waals surface area contributed by atoms with E-state index in [9.17, 15) is 4.79 Å². The maximum atomic E-state index is 10.2. The SMILES string of the molecule is Cn1cc(N)c(OC(N)=O)n1. The van der Waals surface area contributed by atoms with Crippen LogP contribution in [0.1, 0.15) is 0 Å². The Balaban J connectivity index is 2.85. The van der Waals surface area contributed by atoms with E-state index in [0.29, 0.717) is 0 Å². The molecule has 60 valence electrons. The van der Waals surface area contributed by atoms with E-state index >= 15 is 0 Å². The first kappa shape index (κ1) is 7.39. The maximum absolute atomic E-state index is 10.2. The molecule has 0 atom stereocenters. The van der Waals surface area contributed by atoms with Gasteiger partial charge in [0, 0.05) is 7.05 Å². The Morgan fingerprint density at radius 2 is 2.45 bits per heavy atom. The fourth-order valence-electron chi connectivity index (χ4n) is 0.661. The van der Waals surface area contributed by atoms with Gasteiger partial charge in [-0.15, -0.1) is 5.10 Å². The molecule has 0 saturated heterocycles. The highest BCUT2D eigenvalue weighted by Gasteiger charge is 2.07. The van der Waals surface area contributed by atoms with Gasteiger partial charge in [0.2, 0.25) is 0 Å². The molecule has 0 aliphatic rings. The van der Waals surface area contributed by atoms with Crippen molar-refractivity contribution in [3.05, 3.63) is 6.20 Å². The molecule has 6 nitrogen and oxygen atoms in total. The van der Waals surface area contributed by atoms with Crippen molar-refractivity contribution in [1.29, 1.82) is 0 Å². The molecule has 0 aromatic carbocycles. The third-order valence-corrected chi connectivity index (χ3v) is 1.02. The van der Waals surface area contributed by atoms with Gasteiger partial charge >= 0.3 is 6.09 Å². The number of nitrogen functional groups attached to an aromatic ring is 1. The molecule has 1 amide bonds. The Kier molecular flexibility index (Phi) is 1.67. The molecular weight excluding hydrogens is 148 g/mol. The number of hydrogen-bond acceptors (Lipinski definition) is 4. The molecule has 0 aliphatic heterocycles. The third-order valence-electron chi connectivity index (χ3n) is 1.02. The molecule has 0 bridgehead atoms.